The van der Waals surface area contributed by atoms with Crippen molar-refractivity contribution in [1.29, 1.82) is 0 Å². The predicted octanol–water partition coefficient (Wildman–Crippen LogP) is 0.975. The molecule has 1 unspecified atom stereocenters. The lowest BCUT2D eigenvalue weighted by molar-refractivity contribution is -0.125. The van der Waals surface area contributed by atoms with Crippen LogP contribution in [0.2, 0.25) is 0 Å². The van der Waals surface area contributed by atoms with Gasteiger partial charge in [0, 0.05) is 32.7 Å². The average molecular weight is 348 g/mol. The maximum atomic E-state index is 12.0. The van der Waals surface area contributed by atoms with Crippen molar-refractivity contribution >= 4 is 24.2 Å². The van der Waals surface area contributed by atoms with Crippen molar-refractivity contribution in [3.05, 3.63) is 0 Å². The lowest BCUT2D eigenvalue weighted by atomic mass is 9.92. The molecule has 1 aliphatic heterocycles. The standard InChI is InChI=1S/C16H29N3O3.ClH/c17-15(13-5-9-22-10-6-13)16(21)19-8-7-18-14(20)11-12-3-1-2-4-12;/h12-13,15H,1-11,17H2,(H,18,20)(H,19,21);1H. The lowest BCUT2D eigenvalue weighted by Gasteiger charge is -2.26. The minimum Gasteiger partial charge on any atom is -0.381 e. The largest absolute Gasteiger partial charge is 0.381 e. The predicted molar refractivity (Wildman–Crippen MR) is 91.4 cm³/mol. The molecule has 0 aromatic rings. The molecule has 1 heterocycles. The zero-order valence-corrected chi connectivity index (χ0v) is 14.5. The van der Waals surface area contributed by atoms with E-state index in [2.05, 4.69) is 10.6 Å². The van der Waals surface area contributed by atoms with Crippen LogP contribution in [0.15, 0.2) is 0 Å². The van der Waals surface area contributed by atoms with Crippen molar-refractivity contribution in [2.45, 2.75) is 51.0 Å². The van der Waals surface area contributed by atoms with Gasteiger partial charge in [-0.05, 0) is 37.5 Å². The van der Waals surface area contributed by atoms with Crippen LogP contribution in [-0.2, 0) is 14.3 Å². The van der Waals surface area contributed by atoms with E-state index in [1.54, 1.807) is 0 Å². The topological polar surface area (TPSA) is 93.5 Å². The molecular formula is C16H30ClN3O3. The van der Waals surface area contributed by atoms with Crippen molar-refractivity contribution in [3.8, 4) is 0 Å². The highest BCUT2D eigenvalue weighted by Gasteiger charge is 2.26. The fourth-order valence-corrected chi connectivity index (χ4v) is 3.34. The van der Waals surface area contributed by atoms with Crippen LogP contribution >= 0.6 is 12.4 Å². The fraction of sp³-hybridized carbons (Fsp3) is 0.875. The van der Waals surface area contributed by atoms with Gasteiger partial charge in [-0.15, -0.1) is 12.4 Å². The average Bonchev–Trinajstić information content (AvgIpc) is 3.04. The van der Waals surface area contributed by atoms with E-state index in [4.69, 9.17) is 10.5 Å². The second-order valence-corrected chi connectivity index (χ2v) is 6.47. The SMILES string of the molecule is Cl.NC(C(=O)NCCNC(=O)CC1CCCC1)C1CCOCC1. The third-order valence-corrected chi connectivity index (χ3v) is 4.77. The summed E-state index contributed by atoms with van der Waals surface area (Å²) in [6.45, 7) is 2.27. The highest BCUT2D eigenvalue weighted by Crippen LogP contribution is 2.27. The number of hydrogen-bond donors (Lipinski definition) is 3. The summed E-state index contributed by atoms with van der Waals surface area (Å²) in [6, 6.07) is -0.474. The molecule has 2 aliphatic rings. The van der Waals surface area contributed by atoms with E-state index in [-0.39, 0.29) is 30.1 Å². The molecule has 1 aliphatic carbocycles. The third kappa shape index (κ3) is 7.06. The summed E-state index contributed by atoms with van der Waals surface area (Å²) in [6.07, 6.45) is 7.14. The Hall–Kier alpha value is -0.850. The van der Waals surface area contributed by atoms with E-state index >= 15 is 0 Å². The highest BCUT2D eigenvalue weighted by molar-refractivity contribution is 5.85. The number of ether oxygens (including phenoxy) is 1. The van der Waals surface area contributed by atoms with Gasteiger partial charge in [-0.1, -0.05) is 12.8 Å². The van der Waals surface area contributed by atoms with Crippen LogP contribution < -0.4 is 16.4 Å². The molecule has 0 spiro atoms. The molecule has 7 heteroatoms. The summed E-state index contributed by atoms with van der Waals surface area (Å²) >= 11 is 0. The van der Waals surface area contributed by atoms with E-state index in [1.807, 2.05) is 0 Å². The van der Waals surface area contributed by atoms with Gasteiger partial charge in [0.1, 0.15) is 0 Å². The van der Waals surface area contributed by atoms with Crippen LogP contribution in [-0.4, -0.2) is 44.2 Å². The summed E-state index contributed by atoms with van der Waals surface area (Å²) in [4.78, 5) is 23.7. The van der Waals surface area contributed by atoms with Crippen LogP contribution in [0.5, 0.6) is 0 Å². The first-order valence-corrected chi connectivity index (χ1v) is 8.54. The Morgan fingerprint density at radius 2 is 1.65 bits per heavy atom. The van der Waals surface area contributed by atoms with Gasteiger partial charge in [0.05, 0.1) is 6.04 Å². The number of carbonyl (C=O) groups excluding carboxylic acids is 2. The summed E-state index contributed by atoms with van der Waals surface area (Å²) in [5.41, 5.74) is 5.99. The van der Waals surface area contributed by atoms with Crippen molar-refractivity contribution in [3.63, 3.8) is 0 Å². The molecule has 2 fully saturated rings. The van der Waals surface area contributed by atoms with Crippen LogP contribution in [0.25, 0.3) is 0 Å². The maximum Gasteiger partial charge on any atom is 0.237 e. The Morgan fingerprint density at radius 1 is 1.04 bits per heavy atom. The molecule has 23 heavy (non-hydrogen) atoms. The molecule has 0 bridgehead atoms. The second kappa shape index (κ2) is 10.8. The number of carbonyl (C=O) groups is 2. The van der Waals surface area contributed by atoms with E-state index in [9.17, 15) is 9.59 Å². The highest BCUT2D eigenvalue weighted by atomic mass is 35.5. The van der Waals surface area contributed by atoms with Crippen LogP contribution in [0.1, 0.15) is 44.9 Å². The third-order valence-electron chi connectivity index (χ3n) is 4.77. The van der Waals surface area contributed by atoms with Crippen molar-refractivity contribution in [1.82, 2.24) is 10.6 Å². The quantitative estimate of drug-likeness (QED) is 0.598. The number of nitrogens with one attached hydrogen (secondary N) is 2. The minimum absolute atomic E-state index is 0. The van der Waals surface area contributed by atoms with Gasteiger partial charge < -0.3 is 21.1 Å². The van der Waals surface area contributed by atoms with Crippen molar-refractivity contribution < 1.29 is 14.3 Å². The summed E-state index contributed by atoms with van der Waals surface area (Å²) in [5.74, 6) is 0.717. The molecule has 6 nitrogen and oxygen atoms in total. The molecule has 134 valence electrons. The fourth-order valence-electron chi connectivity index (χ4n) is 3.34. The monoisotopic (exact) mass is 347 g/mol. The summed E-state index contributed by atoms with van der Waals surface area (Å²) in [7, 11) is 0. The summed E-state index contributed by atoms with van der Waals surface area (Å²) < 4.78 is 5.27. The molecule has 1 saturated carbocycles. The second-order valence-electron chi connectivity index (χ2n) is 6.47. The van der Waals surface area contributed by atoms with E-state index < -0.39 is 6.04 Å². The van der Waals surface area contributed by atoms with Gasteiger partial charge in [-0.3, -0.25) is 9.59 Å². The number of halogens is 1. The Morgan fingerprint density at radius 3 is 2.30 bits per heavy atom. The Balaban J connectivity index is 0.00000264. The lowest BCUT2D eigenvalue weighted by Crippen LogP contribution is -2.48. The van der Waals surface area contributed by atoms with Crippen molar-refractivity contribution in [2.24, 2.45) is 17.6 Å². The number of rotatable bonds is 7. The molecule has 1 saturated heterocycles. The van der Waals surface area contributed by atoms with Gasteiger partial charge in [-0.25, -0.2) is 0 Å². The zero-order valence-electron chi connectivity index (χ0n) is 13.7. The first kappa shape index (κ1) is 20.2. The van der Waals surface area contributed by atoms with Crippen molar-refractivity contribution in [2.75, 3.05) is 26.3 Å². The Labute approximate surface area is 144 Å². The normalized spacial score (nSPS) is 20.6. The molecule has 0 aromatic heterocycles. The van der Waals surface area contributed by atoms with Gasteiger partial charge in [0.2, 0.25) is 11.8 Å². The number of nitrogens with two attached hydrogens (primary N) is 1. The minimum atomic E-state index is -0.474. The Bertz CT molecular complexity index is 370. The molecule has 2 amide bonds. The van der Waals surface area contributed by atoms with Gasteiger partial charge in [-0.2, -0.15) is 0 Å². The smallest absolute Gasteiger partial charge is 0.237 e. The first-order valence-electron chi connectivity index (χ1n) is 8.54. The molecule has 2 rings (SSSR count). The first-order chi connectivity index (χ1) is 10.7. The van der Waals surface area contributed by atoms with E-state index in [0.717, 1.165) is 12.8 Å². The van der Waals surface area contributed by atoms with Crippen LogP contribution in [0.4, 0.5) is 0 Å². The Kier molecular flexibility index (Phi) is 9.52. The summed E-state index contributed by atoms with van der Waals surface area (Å²) in [5, 5.41) is 5.68. The number of amides is 2. The van der Waals surface area contributed by atoms with Crippen LogP contribution in [0.3, 0.4) is 0 Å². The molecule has 1 atom stereocenters. The molecule has 0 radical (unpaired) electrons. The van der Waals surface area contributed by atoms with E-state index in [1.165, 1.54) is 25.7 Å². The zero-order chi connectivity index (χ0) is 15.8. The molecular weight excluding hydrogens is 318 g/mol. The van der Waals surface area contributed by atoms with E-state index in [0.29, 0.717) is 38.6 Å². The van der Waals surface area contributed by atoms with Crippen LogP contribution in [0, 0.1) is 11.8 Å². The number of hydrogen-bond acceptors (Lipinski definition) is 4. The van der Waals surface area contributed by atoms with Gasteiger partial charge >= 0.3 is 0 Å². The molecule has 4 N–H and O–H groups in total. The van der Waals surface area contributed by atoms with Gasteiger partial charge in [0.15, 0.2) is 0 Å². The maximum absolute atomic E-state index is 12.0. The molecule has 0 aromatic carbocycles. The van der Waals surface area contributed by atoms with Gasteiger partial charge in [0.25, 0.3) is 0 Å².